The van der Waals surface area contributed by atoms with Gasteiger partial charge in [-0.3, -0.25) is 0 Å². The lowest BCUT2D eigenvalue weighted by Crippen LogP contribution is -2.11. The van der Waals surface area contributed by atoms with Crippen molar-refractivity contribution >= 4 is 11.8 Å². The zero-order chi connectivity index (χ0) is 10.2. The number of benzene rings is 1. The monoisotopic (exact) mass is 211 g/mol. The van der Waals surface area contributed by atoms with Gasteiger partial charge >= 0.3 is 0 Å². The van der Waals surface area contributed by atoms with Crippen molar-refractivity contribution in [2.24, 2.45) is 0 Å². The Morgan fingerprint density at radius 3 is 2.57 bits per heavy atom. The zero-order valence-corrected chi connectivity index (χ0v) is 9.56. The van der Waals surface area contributed by atoms with Gasteiger partial charge in [0.25, 0.3) is 0 Å². The van der Waals surface area contributed by atoms with Crippen molar-refractivity contribution in [3.63, 3.8) is 0 Å². The first-order chi connectivity index (χ1) is 6.86. The van der Waals surface area contributed by atoms with Crippen LogP contribution in [0.25, 0.3) is 0 Å². The fourth-order valence-electron chi connectivity index (χ4n) is 1.10. The standard InChI is InChI=1S/C11H17NOS/c1-3-12-8-10-4-6-11(7-5-10)14-9-13-2/h4-7,12H,3,8-9H2,1-2H3. The van der Waals surface area contributed by atoms with Gasteiger partial charge in [0, 0.05) is 18.6 Å². The minimum atomic E-state index is 0.715. The van der Waals surface area contributed by atoms with Gasteiger partial charge in [0.2, 0.25) is 0 Å². The quantitative estimate of drug-likeness (QED) is 0.577. The molecule has 1 aromatic rings. The Balaban J connectivity index is 2.42. The van der Waals surface area contributed by atoms with Crippen LogP contribution in [0.5, 0.6) is 0 Å². The van der Waals surface area contributed by atoms with Crippen molar-refractivity contribution in [2.45, 2.75) is 18.4 Å². The molecule has 3 heteroatoms. The molecule has 1 aromatic carbocycles. The number of methoxy groups -OCH3 is 1. The Bertz CT molecular complexity index is 221. The van der Waals surface area contributed by atoms with E-state index < -0.39 is 0 Å². The predicted octanol–water partition coefficient (Wildman–Crippen LogP) is 2.49. The highest BCUT2D eigenvalue weighted by Gasteiger charge is 1.94. The Labute approximate surface area is 90.0 Å². The van der Waals surface area contributed by atoms with Crippen molar-refractivity contribution in [1.29, 1.82) is 0 Å². The summed E-state index contributed by atoms with van der Waals surface area (Å²) < 4.78 is 4.99. The number of rotatable bonds is 6. The Hall–Kier alpha value is -0.510. The second-order valence-corrected chi connectivity index (χ2v) is 3.97. The summed E-state index contributed by atoms with van der Waals surface area (Å²) in [7, 11) is 1.71. The third-order valence-corrected chi connectivity index (χ3v) is 2.80. The fourth-order valence-corrected chi connectivity index (χ4v) is 1.68. The molecule has 1 N–H and O–H groups in total. The molecule has 14 heavy (non-hydrogen) atoms. The van der Waals surface area contributed by atoms with E-state index in [4.69, 9.17) is 4.74 Å². The van der Waals surface area contributed by atoms with Crippen LogP contribution >= 0.6 is 11.8 Å². The lowest BCUT2D eigenvalue weighted by molar-refractivity contribution is 0.259. The van der Waals surface area contributed by atoms with E-state index in [1.54, 1.807) is 18.9 Å². The summed E-state index contributed by atoms with van der Waals surface area (Å²) in [5, 5.41) is 3.30. The molecule has 0 spiro atoms. The average Bonchev–Trinajstić information content (AvgIpc) is 2.25. The van der Waals surface area contributed by atoms with Gasteiger partial charge in [-0.15, -0.1) is 0 Å². The first-order valence-corrected chi connectivity index (χ1v) is 5.76. The molecule has 1 rings (SSSR count). The molecule has 0 heterocycles. The zero-order valence-electron chi connectivity index (χ0n) is 8.75. The maximum absolute atomic E-state index is 4.99. The van der Waals surface area contributed by atoms with Crippen LogP contribution in [0, 0.1) is 0 Å². The van der Waals surface area contributed by atoms with E-state index in [0.717, 1.165) is 13.1 Å². The molecule has 0 saturated heterocycles. The average molecular weight is 211 g/mol. The topological polar surface area (TPSA) is 21.3 Å². The van der Waals surface area contributed by atoms with Crippen LogP contribution in [0.1, 0.15) is 12.5 Å². The largest absolute Gasteiger partial charge is 0.374 e. The highest BCUT2D eigenvalue weighted by Crippen LogP contribution is 2.17. The summed E-state index contributed by atoms with van der Waals surface area (Å²) in [6.45, 7) is 4.08. The molecule has 2 nitrogen and oxygen atoms in total. The van der Waals surface area contributed by atoms with Crippen LogP contribution in [0.15, 0.2) is 29.2 Å². The molecule has 0 aliphatic heterocycles. The SMILES string of the molecule is CCNCc1ccc(SCOC)cc1. The second-order valence-electron chi connectivity index (χ2n) is 2.98. The van der Waals surface area contributed by atoms with Gasteiger partial charge in [0.15, 0.2) is 0 Å². The van der Waals surface area contributed by atoms with E-state index in [-0.39, 0.29) is 0 Å². The normalized spacial score (nSPS) is 10.4. The minimum Gasteiger partial charge on any atom is -0.374 e. The molecular formula is C11H17NOS. The van der Waals surface area contributed by atoms with Crippen molar-refractivity contribution in [3.8, 4) is 0 Å². The highest BCUT2D eigenvalue weighted by molar-refractivity contribution is 7.99. The predicted molar refractivity (Wildman–Crippen MR) is 61.6 cm³/mol. The van der Waals surface area contributed by atoms with Crippen molar-refractivity contribution in [3.05, 3.63) is 29.8 Å². The van der Waals surface area contributed by atoms with Gasteiger partial charge < -0.3 is 10.1 Å². The third-order valence-electron chi connectivity index (χ3n) is 1.85. The minimum absolute atomic E-state index is 0.715. The Morgan fingerprint density at radius 2 is 2.00 bits per heavy atom. The van der Waals surface area contributed by atoms with E-state index in [9.17, 15) is 0 Å². The Kier molecular flexibility index (Phi) is 5.68. The summed E-state index contributed by atoms with van der Waals surface area (Å²) in [6, 6.07) is 8.58. The number of thioether (sulfide) groups is 1. The molecule has 0 bridgehead atoms. The first kappa shape index (κ1) is 11.6. The smallest absolute Gasteiger partial charge is 0.0963 e. The van der Waals surface area contributed by atoms with Crippen LogP contribution < -0.4 is 5.32 Å². The molecule has 0 atom stereocenters. The molecule has 78 valence electrons. The number of hydrogen-bond donors (Lipinski definition) is 1. The number of hydrogen-bond acceptors (Lipinski definition) is 3. The lowest BCUT2D eigenvalue weighted by atomic mass is 10.2. The van der Waals surface area contributed by atoms with Crippen molar-refractivity contribution in [2.75, 3.05) is 19.6 Å². The summed E-state index contributed by atoms with van der Waals surface area (Å²) in [6.07, 6.45) is 0. The maximum Gasteiger partial charge on any atom is 0.0963 e. The first-order valence-electron chi connectivity index (χ1n) is 4.78. The molecular weight excluding hydrogens is 194 g/mol. The van der Waals surface area contributed by atoms with Crippen molar-refractivity contribution < 1.29 is 4.74 Å². The van der Waals surface area contributed by atoms with Crippen LogP contribution in [0.4, 0.5) is 0 Å². The molecule has 0 fully saturated rings. The van der Waals surface area contributed by atoms with Gasteiger partial charge in [0.1, 0.15) is 0 Å². The summed E-state index contributed by atoms with van der Waals surface area (Å²) in [5.41, 5.74) is 1.33. The third kappa shape index (κ3) is 4.13. The van der Waals surface area contributed by atoms with Gasteiger partial charge in [-0.25, -0.2) is 0 Å². The number of nitrogens with one attached hydrogen (secondary N) is 1. The van der Waals surface area contributed by atoms with Gasteiger partial charge in [-0.05, 0) is 24.2 Å². The summed E-state index contributed by atoms with van der Waals surface area (Å²) in [5.74, 6) is 0.715. The van der Waals surface area contributed by atoms with E-state index >= 15 is 0 Å². The van der Waals surface area contributed by atoms with E-state index in [1.165, 1.54) is 10.5 Å². The molecule has 0 aliphatic carbocycles. The second kappa shape index (κ2) is 6.87. The molecule has 0 radical (unpaired) electrons. The summed E-state index contributed by atoms with van der Waals surface area (Å²) >= 11 is 1.71. The molecule has 0 aromatic heterocycles. The van der Waals surface area contributed by atoms with Crippen molar-refractivity contribution in [1.82, 2.24) is 5.32 Å². The van der Waals surface area contributed by atoms with E-state index in [2.05, 4.69) is 36.5 Å². The van der Waals surface area contributed by atoms with Crippen LogP contribution in [-0.2, 0) is 11.3 Å². The van der Waals surface area contributed by atoms with Gasteiger partial charge in [0.05, 0.1) is 5.94 Å². The van der Waals surface area contributed by atoms with Crippen LogP contribution in [-0.4, -0.2) is 19.6 Å². The number of ether oxygens (including phenoxy) is 1. The molecule has 0 amide bonds. The van der Waals surface area contributed by atoms with Crippen LogP contribution in [0.3, 0.4) is 0 Å². The highest BCUT2D eigenvalue weighted by atomic mass is 32.2. The lowest BCUT2D eigenvalue weighted by Gasteiger charge is -2.03. The van der Waals surface area contributed by atoms with Crippen LogP contribution in [0.2, 0.25) is 0 Å². The summed E-state index contributed by atoms with van der Waals surface area (Å²) in [4.78, 5) is 1.26. The fraction of sp³-hybridized carbons (Fsp3) is 0.455. The van der Waals surface area contributed by atoms with Gasteiger partial charge in [-0.1, -0.05) is 30.8 Å². The molecule has 0 saturated carbocycles. The Morgan fingerprint density at radius 1 is 1.29 bits per heavy atom. The molecule has 0 aliphatic rings. The molecule has 0 unspecified atom stereocenters. The van der Waals surface area contributed by atoms with E-state index in [0.29, 0.717) is 5.94 Å². The van der Waals surface area contributed by atoms with Gasteiger partial charge in [-0.2, -0.15) is 0 Å². The van der Waals surface area contributed by atoms with E-state index in [1.807, 2.05) is 0 Å². The maximum atomic E-state index is 4.99.